The molecule has 0 bridgehead atoms. The Labute approximate surface area is 112 Å². The number of nitriles is 1. The van der Waals surface area contributed by atoms with E-state index in [0.717, 1.165) is 39.0 Å². The van der Waals surface area contributed by atoms with Gasteiger partial charge in [-0.25, -0.2) is 4.98 Å². The maximum Gasteiger partial charge on any atom is 0.290 e. The highest BCUT2D eigenvalue weighted by Gasteiger charge is 2.24. The minimum Gasteiger partial charge on any atom is -0.349 e. The highest BCUT2D eigenvalue weighted by molar-refractivity contribution is 5.35. The van der Waals surface area contributed by atoms with E-state index in [9.17, 15) is 4.79 Å². The van der Waals surface area contributed by atoms with Crippen molar-refractivity contribution in [1.29, 1.82) is 5.26 Å². The summed E-state index contributed by atoms with van der Waals surface area (Å²) in [5, 5.41) is 9.16. The van der Waals surface area contributed by atoms with E-state index in [-0.39, 0.29) is 11.6 Å². The van der Waals surface area contributed by atoms with Crippen LogP contribution in [0, 0.1) is 11.3 Å². The number of aromatic nitrogens is 2. The fourth-order valence-electron chi connectivity index (χ4n) is 2.42. The molecule has 1 fully saturated rings. The number of anilines is 1. The Morgan fingerprint density at radius 1 is 1.47 bits per heavy atom. The lowest BCUT2D eigenvalue weighted by Crippen LogP contribution is -2.51. The van der Waals surface area contributed by atoms with E-state index in [4.69, 9.17) is 5.26 Å². The molecule has 1 N–H and O–H groups in total. The molecule has 2 rings (SSSR count). The molecule has 102 valence electrons. The third kappa shape index (κ3) is 3.12. The van der Waals surface area contributed by atoms with Gasteiger partial charge in [0.2, 0.25) is 0 Å². The fraction of sp³-hybridized carbons (Fsp3) is 0.615. The molecule has 1 aliphatic rings. The summed E-state index contributed by atoms with van der Waals surface area (Å²) in [6.45, 7) is 5.17. The second-order valence-corrected chi connectivity index (χ2v) is 4.70. The summed E-state index contributed by atoms with van der Waals surface area (Å²) in [5.74, 6) is 0.478. The number of piperazine rings is 1. The van der Waals surface area contributed by atoms with Crippen LogP contribution >= 0.6 is 0 Å². The van der Waals surface area contributed by atoms with Crippen molar-refractivity contribution in [2.45, 2.75) is 25.8 Å². The van der Waals surface area contributed by atoms with E-state index in [1.54, 1.807) is 6.20 Å². The van der Waals surface area contributed by atoms with Gasteiger partial charge in [-0.3, -0.25) is 9.69 Å². The summed E-state index contributed by atoms with van der Waals surface area (Å²) in [6.07, 6.45) is 5.05. The van der Waals surface area contributed by atoms with E-state index in [1.807, 2.05) is 4.90 Å². The molecule has 1 aromatic heterocycles. The quantitative estimate of drug-likeness (QED) is 0.858. The third-order valence-electron chi connectivity index (χ3n) is 3.45. The maximum atomic E-state index is 11.7. The van der Waals surface area contributed by atoms with Crippen LogP contribution in [0.15, 0.2) is 17.2 Å². The number of aromatic amines is 1. The van der Waals surface area contributed by atoms with E-state index in [0.29, 0.717) is 5.82 Å². The average molecular weight is 261 g/mol. The zero-order chi connectivity index (χ0) is 13.7. The first-order valence-corrected chi connectivity index (χ1v) is 6.68. The molecule has 19 heavy (non-hydrogen) atoms. The van der Waals surface area contributed by atoms with Gasteiger partial charge >= 0.3 is 0 Å². The number of nitrogens with zero attached hydrogens (tertiary/aromatic N) is 4. The topological polar surface area (TPSA) is 76.0 Å². The van der Waals surface area contributed by atoms with Gasteiger partial charge in [-0.15, -0.1) is 0 Å². The molecule has 6 nitrogen and oxygen atoms in total. The number of hydrogen-bond donors (Lipinski definition) is 1. The minimum absolute atomic E-state index is 0.00540. The standard InChI is InChI=1S/C13H19N5O/c1-2-3-11(10-14)17-6-8-18(9-7-17)12-13(19)16-5-4-15-12/h4-5,11H,2-3,6-9H2,1H3,(H,16,19). The second-order valence-electron chi connectivity index (χ2n) is 4.70. The van der Waals surface area contributed by atoms with E-state index >= 15 is 0 Å². The van der Waals surface area contributed by atoms with Gasteiger partial charge in [0.1, 0.15) is 0 Å². The Morgan fingerprint density at radius 3 is 2.79 bits per heavy atom. The van der Waals surface area contributed by atoms with Crippen LogP contribution in [-0.2, 0) is 0 Å². The Kier molecular flexibility index (Phi) is 4.53. The molecule has 0 amide bonds. The molecule has 0 saturated carbocycles. The zero-order valence-corrected chi connectivity index (χ0v) is 11.2. The molecule has 1 atom stereocenters. The molecule has 6 heteroatoms. The van der Waals surface area contributed by atoms with Crippen LogP contribution < -0.4 is 10.5 Å². The first kappa shape index (κ1) is 13.6. The number of rotatable bonds is 4. The largest absolute Gasteiger partial charge is 0.349 e. The van der Waals surface area contributed by atoms with Gasteiger partial charge < -0.3 is 9.88 Å². The van der Waals surface area contributed by atoms with Crippen molar-refractivity contribution in [2.75, 3.05) is 31.1 Å². The van der Waals surface area contributed by atoms with Gasteiger partial charge in [-0.05, 0) is 6.42 Å². The summed E-state index contributed by atoms with van der Waals surface area (Å²) in [4.78, 5) is 22.6. The lowest BCUT2D eigenvalue weighted by molar-refractivity contribution is 0.211. The summed E-state index contributed by atoms with van der Waals surface area (Å²) in [6, 6.07) is 2.36. The molecule has 2 heterocycles. The molecule has 0 spiro atoms. The molecule has 0 radical (unpaired) electrons. The smallest absolute Gasteiger partial charge is 0.290 e. The third-order valence-corrected chi connectivity index (χ3v) is 3.45. The Morgan fingerprint density at radius 2 is 2.21 bits per heavy atom. The van der Waals surface area contributed by atoms with Gasteiger partial charge in [-0.1, -0.05) is 13.3 Å². The monoisotopic (exact) mass is 261 g/mol. The van der Waals surface area contributed by atoms with Gasteiger partial charge in [0.25, 0.3) is 5.56 Å². The number of H-pyrrole nitrogens is 1. The molecule has 1 aromatic rings. The highest BCUT2D eigenvalue weighted by atomic mass is 16.1. The lowest BCUT2D eigenvalue weighted by Gasteiger charge is -2.36. The van der Waals surface area contributed by atoms with E-state index in [2.05, 4.69) is 27.9 Å². The molecule has 0 aromatic carbocycles. The summed E-state index contributed by atoms with van der Waals surface area (Å²) in [7, 11) is 0. The molecule has 0 aliphatic carbocycles. The van der Waals surface area contributed by atoms with Crippen molar-refractivity contribution in [3.63, 3.8) is 0 Å². The normalized spacial score (nSPS) is 18.0. The van der Waals surface area contributed by atoms with Gasteiger partial charge in [-0.2, -0.15) is 5.26 Å². The van der Waals surface area contributed by atoms with Gasteiger partial charge in [0, 0.05) is 38.6 Å². The minimum atomic E-state index is -0.152. The second kappa shape index (κ2) is 6.34. The Bertz CT molecular complexity index is 498. The SMILES string of the molecule is CCCC(C#N)N1CCN(c2ncc[nH]c2=O)CC1. The van der Waals surface area contributed by atoms with Crippen LogP contribution in [0.25, 0.3) is 0 Å². The van der Waals surface area contributed by atoms with Crippen LogP contribution in [0.4, 0.5) is 5.82 Å². The van der Waals surface area contributed by atoms with Crippen molar-refractivity contribution in [3.05, 3.63) is 22.7 Å². The molecule has 1 unspecified atom stereocenters. The molecular formula is C13H19N5O. The first-order chi connectivity index (χ1) is 9.26. The van der Waals surface area contributed by atoms with Crippen molar-refractivity contribution in [3.8, 4) is 6.07 Å². The fourth-order valence-corrected chi connectivity index (χ4v) is 2.42. The van der Waals surface area contributed by atoms with Gasteiger partial charge in [0.05, 0.1) is 12.1 Å². The van der Waals surface area contributed by atoms with Crippen LogP contribution in [-0.4, -0.2) is 47.1 Å². The van der Waals surface area contributed by atoms with Crippen molar-refractivity contribution in [2.24, 2.45) is 0 Å². The number of hydrogen-bond acceptors (Lipinski definition) is 5. The molecule has 1 saturated heterocycles. The summed E-state index contributed by atoms with van der Waals surface area (Å²) < 4.78 is 0. The lowest BCUT2D eigenvalue weighted by atomic mass is 10.1. The van der Waals surface area contributed by atoms with E-state index < -0.39 is 0 Å². The van der Waals surface area contributed by atoms with Gasteiger partial charge in [0.15, 0.2) is 5.82 Å². The van der Waals surface area contributed by atoms with Crippen molar-refractivity contribution < 1.29 is 0 Å². The molecule has 1 aliphatic heterocycles. The molecular weight excluding hydrogens is 242 g/mol. The zero-order valence-electron chi connectivity index (χ0n) is 11.2. The van der Waals surface area contributed by atoms with Crippen molar-refractivity contribution >= 4 is 5.82 Å². The maximum absolute atomic E-state index is 11.7. The average Bonchev–Trinajstić information content (AvgIpc) is 2.46. The van der Waals surface area contributed by atoms with Crippen LogP contribution in [0.5, 0.6) is 0 Å². The Balaban J connectivity index is 1.98. The highest BCUT2D eigenvalue weighted by Crippen LogP contribution is 2.13. The van der Waals surface area contributed by atoms with Crippen molar-refractivity contribution in [1.82, 2.24) is 14.9 Å². The van der Waals surface area contributed by atoms with E-state index in [1.165, 1.54) is 6.20 Å². The predicted octanol–water partition coefficient (Wildman–Crippen LogP) is 0.584. The number of nitrogens with one attached hydrogen (secondary N) is 1. The van der Waals surface area contributed by atoms with Crippen LogP contribution in [0.3, 0.4) is 0 Å². The summed E-state index contributed by atoms with van der Waals surface area (Å²) in [5.41, 5.74) is -0.152. The Hall–Kier alpha value is -1.87. The first-order valence-electron chi connectivity index (χ1n) is 6.68. The summed E-state index contributed by atoms with van der Waals surface area (Å²) >= 11 is 0. The van der Waals surface area contributed by atoms with Crippen LogP contribution in [0.2, 0.25) is 0 Å². The van der Waals surface area contributed by atoms with Crippen LogP contribution in [0.1, 0.15) is 19.8 Å². The predicted molar refractivity (Wildman–Crippen MR) is 73.0 cm³/mol.